The first-order valence-corrected chi connectivity index (χ1v) is 3.61. The van der Waals surface area contributed by atoms with Gasteiger partial charge in [0.15, 0.2) is 0 Å². The third-order valence-corrected chi connectivity index (χ3v) is 0.943. The van der Waals surface area contributed by atoms with Crippen LogP contribution in [0.15, 0.2) is 36.4 Å². The van der Waals surface area contributed by atoms with E-state index in [1.807, 2.05) is 36.4 Å². The third kappa shape index (κ3) is 9.72. The molecule has 0 fully saturated rings. The van der Waals surface area contributed by atoms with E-state index in [0.717, 1.165) is 0 Å². The van der Waals surface area contributed by atoms with Gasteiger partial charge in [0.2, 0.25) is 0 Å². The zero-order valence-electron chi connectivity index (χ0n) is 7.18. The molecule has 0 saturated carbocycles. The lowest BCUT2D eigenvalue weighted by molar-refractivity contribution is -0.132. The number of benzene rings is 1. The van der Waals surface area contributed by atoms with Crippen molar-refractivity contribution < 1.29 is 19.8 Å². The maximum atomic E-state index is 9.47. The molecular weight excluding hydrogens is 184 g/mol. The number of rotatable bonds is 0. The SMILES string of the molecule is O=C(O)C#CC(=O)O.c1ccccc1. The molecule has 0 heterocycles. The summed E-state index contributed by atoms with van der Waals surface area (Å²) in [6, 6.07) is 12.0. The molecule has 1 rings (SSSR count). The van der Waals surface area contributed by atoms with E-state index < -0.39 is 11.9 Å². The quantitative estimate of drug-likeness (QED) is 0.597. The highest BCUT2D eigenvalue weighted by Crippen LogP contribution is 1.79. The molecule has 0 unspecified atom stereocenters. The Balaban J connectivity index is 0.000000249. The molecule has 72 valence electrons. The third-order valence-electron chi connectivity index (χ3n) is 0.943. The summed E-state index contributed by atoms with van der Waals surface area (Å²) in [5.41, 5.74) is 0. The Morgan fingerprint density at radius 1 is 0.714 bits per heavy atom. The number of carboxylic acid groups (broad SMARTS) is 2. The van der Waals surface area contributed by atoms with Crippen molar-refractivity contribution in [3.8, 4) is 11.8 Å². The minimum absolute atomic E-state index is 1.41. The van der Waals surface area contributed by atoms with E-state index in [0.29, 0.717) is 0 Å². The van der Waals surface area contributed by atoms with Crippen LogP contribution < -0.4 is 0 Å². The highest BCUT2D eigenvalue weighted by molar-refractivity contribution is 5.96. The molecule has 0 spiro atoms. The van der Waals surface area contributed by atoms with Crippen molar-refractivity contribution in [2.45, 2.75) is 0 Å². The van der Waals surface area contributed by atoms with Crippen molar-refractivity contribution >= 4 is 11.9 Å². The fourth-order valence-corrected chi connectivity index (χ4v) is 0.492. The molecule has 4 heteroatoms. The summed E-state index contributed by atoms with van der Waals surface area (Å²) in [6.45, 7) is 0. The van der Waals surface area contributed by atoms with E-state index in [-0.39, 0.29) is 0 Å². The highest BCUT2D eigenvalue weighted by atomic mass is 16.4. The van der Waals surface area contributed by atoms with Gasteiger partial charge in [-0.05, 0) is 0 Å². The van der Waals surface area contributed by atoms with E-state index in [1.165, 1.54) is 11.8 Å². The monoisotopic (exact) mass is 192 g/mol. The molecule has 0 aliphatic heterocycles. The lowest BCUT2D eigenvalue weighted by atomic mass is 10.4. The molecule has 0 saturated heterocycles. The van der Waals surface area contributed by atoms with Gasteiger partial charge in [-0.1, -0.05) is 36.4 Å². The Hall–Kier alpha value is -2.28. The molecule has 2 N–H and O–H groups in total. The van der Waals surface area contributed by atoms with Crippen LogP contribution in [0.2, 0.25) is 0 Å². The summed E-state index contributed by atoms with van der Waals surface area (Å²) >= 11 is 0. The predicted octanol–water partition coefficient (Wildman–Crippen LogP) is 0.846. The van der Waals surface area contributed by atoms with Gasteiger partial charge >= 0.3 is 11.9 Å². The number of hydrogen-bond acceptors (Lipinski definition) is 2. The molecular formula is C10H8O4. The average molecular weight is 192 g/mol. The summed E-state index contributed by atoms with van der Waals surface area (Å²) < 4.78 is 0. The Kier molecular flexibility index (Phi) is 6.17. The highest BCUT2D eigenvalue weighted by Gasteiger charge is 1.86. The predicted molar refractivity (Wildman–Crippen MR) is 49.5 cm³/mol. The lowest BCUT2D eigenvalue weighted by Gasteiger charge is -1.69. The largest absolute Gasteiger partial charge is 0.472 e. The molecule has 1 aromatic carbocycles. The number of carbonyl (C=O) groups is 2. The van der Waals surface area contributed by atoms with Gasteiger partial charge in [-0.3, -0.25) is 0 Å². The van der Waals surface area contributed by atoms with Gasteiger partial charge in [0.1, 0.15) is 0 Å². The van der Waals surface area contributed by atoms with E-state index >= 15 is 0 Å². The van der Waals surface area contributed by atoms with E-state index in [1.54, 1.807) is 0 Å². The van der Waals surface area contributed by atoms with Crippen molar-refractivity contribution in [1.29, 1.82) is 0 Å². The Morgan fingerprint density at radius 3 is 1.07 bits per heavy atom. The second-order valence-corrected chi connectivity index (χ2v) is 2.02. The Labute approximate surface area is 80.8 Å². The van der Waals surface area contributed by atoms with Crippen molar-refractivity contribution in [2.24, 2.45) is 0 Å². The maximum Gasteiger partial charge on any atom is 0.382 e. The minimum Gasteiger partial charge on any atom is -0.472 e. The normalized spacial score (nSPS) is 7.14. The molecule has 4 nitrogen and oxygen atoms in total. The summed E-state index contributed by atoms with van der Waals surface area (Å²) in [5, 5.41) is 15.5. The standard InChI is InChI=1S/C6H6.C4H2O4/c1-2-4-6-5-3-1;5-3(6)1-2-4(7)8/h1-6H;(H,5,6)(H,7,8). The van der Waals surface area contributed by atoms with E-state index in [2.05, 4.69) is 0 Å². The summed E-state index contributed by atoms with van der Waals surface area (Å²) in [5.74, 6) is -0.0511. The maximum absolute atomic E-state index is 9.47. The first-order valence-electron chi connectivity index (χ1n) is 3.61. The van der Waals surface area contributed by atoms with Crippen LogP contribution in [0.3, 0.4) is 0 Å². The van der Waals surface area contributed by atoms with Crippen LogP contribution in [0.4, 0.5) is 0 Å². The Morgan fingerprint density at radius 2 is 0.929 bits per heavy atom. The fraction of sp³-hybridized carbons (Fsp3) is 0. The van der Waals surface area contributed by atoms with Crippen molar-refractivity contribution in [3.63, 3.8) is 0 Å². The van der Waals surface area contributed by atoms with Gasteiger partial charge in [0.25, 0.3) is 0 Å². The van der Waals surface area contributed by atoms with E-state index in [9.17, 15) is 9.59 Å². The molecule has 0 radical (unpaired) electrons. The van der Waals surface area contributed by atoms with Crippen LogP contribution in [0.1, 0.15) is 0 Å². The van der Waals surface area contributed by atoms with E-state index in [4.69, 9.17) is 10.2 Å². The number of carboxylic acids is 2. The van der Waals surface area contributed by atoms with Crippen LogP contribution in [-0.4, -0.2) is 22.2 Å². The van der Waals surface area contributed by atoms with Crippen LogP contribution in [0.5, 0.6) is 0 Å². The lowest BCUT2D eigenvalue weighted by Crippen LogP contribution is -1.92. The van der Waals surface area contributed by atoms with Crippen LogP contribution in [0.25, 0.3) is 0 Å². The van der Waals surface area contributed by atoms with Crippen molar-refractivity contribution in [3.05, 3.63) is 36.4 Å². The van der Waals surface area contributed by atoms with Crippen LogP contribution in [0, 0.1) is 11.8 Å². The molecule has 0 aliphatic rings. The van der Waals surface area contributed by atoms with Gasteiger partial charge in [-0.25, -0.2) is 9.59 Å². The molecule has 14 heavy (non-hydrogen) atoms. The first kappa shape index (κ1) is 11.7. The van der Waals surface area contributed by atoms with Crippen molar-refractivity contribution in [1.82, 2.24) is 0 Å². The zero-order chi connectivity index (χ0) is 10.8. The van der Waals surface area contributed by atoms with Gasteiger partial charge < -0.3 is 10.2 Å². The molecule has 0 aromatic heterocycles. The number of aliphatic carboxylic acids is 2. The second kappa shape index (κ2) is 7.37. The number of hydrogen-bond donors (Lipinski definition) is 2. The summed E-state index contributed by atoms with van der Waals surface area (Å²) in [6.07, 6.45) is 0. The van der Waals surface area contributed by atoms with Gasteiger partial charge in [-0.15, -0.1) is 0 Å². The fourth-order valence-electron chi connectivity index (χ4n) is 0.492. The smallest absolute Gasteiger partial charge is 0.382 e. The molecule has 0 aliphatic carbocycles. The molecule has 0 atom stereocenters. The Bertz CT molecular complexity index is 301. The zero-order valence-corrected chi connectivity index (χ0v) is 7.18. The molecule has 0 bridgehead atoms. The first-order chi connectivity index (χ1) is 6.63. The minimum atomic E-state index is -1.44. The average Bonchev–Trinajstić information content (AvgIpc) is 2.18. The van der Waals surface area contributed by atoms with Crippen LogP contribution >= 0.6 is 0 Å². The molecule has 1 aromatic rings. The topological polar surface area (TPSA) is 74.6 Å². The second-order valence-electron chi connectivity index (χ2n) is 2.02. The summed E-state index contributed by atoms with van der Waals surface area (Å²) in [4.78, 5) is 18.9. The van der Waals surface area contributed by atoms with Crippen molar-refractivity contribution in [2.75, 3.05) is 0 Å². The summed E-state index contributed by atoms with van der Waals surface area (Å²) in [7, 11) is 0. The van der Waals surface area contributed by atoms with Gasteiger partial charge in [0, 0.05) is 11.8 Å². The molecule has 0 amide bonds. The van der Waals surface area contributed by atoms with Crippen LogP contribution in [-0.2, 0) is 9.59 Å². The van der Waals surface area contributed by atoms with Gasteiger partial charge in [0.05, 0.1) is 0 Å². The van der Waals surface area contributed by atoms with Gasteiger partial charge in [-0.2, -0.15) is 0 Å².